The summed E-state index contributed by atoms with van der Waals surface area (Å²) in [4.78, 5) is 0. The Labute approximate surface area is 84.1 Å². The van der Waals surface area contributed by atoms with Crippen molar-refractivity contribution in [3.63, 3.8) is 0 Å². The van der Waals surface area contributed by atoms with Crippen LogP contribution in [0.1, 0.15) is 5.56 Å². The number of aromatic nitrogens is 2. The van der Waals surface area contributed by atoms with Gasteiger partial charge in [0.25, 0.3) is 0 Å². The van der Waals surface area contributed by atoms with Crippen molar-refractivity contribution in [1.29, 1.82) is 0 Å². The molecule has 1 aromatic carbocycles. The molecule has 1 aromatic heterocycles. The van der Waals surface area contributed by atoms with Crippen LogP contribution in [0.5, 0.6) is 0 Å². The van der Waals surface area contributed by atoms with Crippen LogP contribution in [-0.2, 0) is 0 Å². The van der Waals surface area contributed by atoms with Crippen molar-refractivity contribution in [2.45, 2.75) is 6.92 Å². The number of fused-ring (bicyclic) bond motifs is 1. The first-order valence-electron chi connectivity index (χ1n) is 3.66. The number of hydrogen-bond donors (Lipinski definition) is 0. The first-order chi connectivity index (χ1) is 5.77. The standard InChI is InChI=1S/C9H7IN2/c1-6-3-2-4-8-7(6)5-9(10)12-11-8/h2-5H,1H3. The highest BCUT2D eigenvalue weighted by Gasteiger charge is 1.98. The molecule has 0 bridgehead atoms. The van der Waals surface area contributed by atoms with E-state index in [1.54, 1.807) is 0 Å². The van der Waals surface area contributed by atoms with E-state index in [9.17, 15) is 0 Å². The molecule has 2 rings (SSSR count). The van der Waals surface area contributed by atoms with Gasteiger partial charge in [-0.1, -0.05) is 12.1 Å². The first kappa shape index (κ1) is 7.91. The van der Waals surface area contributed by atoms with Crippen molar-refractivity contribution in [2.75, 3.05) is 0 Å². The summed E-state index contributed by atoms with van der Waals surface area (Å²) in [5, 5.41) is 9.26. The number of benzene rings is 1. The van der Waals surface area contributed by atoms with Gasteiger partial charge in [-0.05, 0) is 47.2 Å². The maximum absolute atomic E-state index is 4.08. The molecule has 0 amide bonds. The molecule has 1 heterocycles. The SMILES string of the molecule is Cc1cccc2nnc(I)cc12. The fraction of sp³-hybridized carbons (Fsp3) is 0.111. The Hall–Kier alpha value is -0.710. The average Bonchev–Trinajstić information content (AvgIpc) is 2.07. The molecular formula is C9H7IN2. The van der Waals surface area contributed by atoms with Crippen LogP contribution in [-0.4, -0.2) is 10.2 Å². The van der Waals surface area contributed by atoms with Crippen LogP contribution in [0.3, 0.4) is 0 Å². The lowest BCUT2D eigenvalue weighted by Gasteiger charge is -1.99. The van der Waals surface area contributed by atoms with E-state index in [1.165, 1.54) is 10.9 Å². The molecule has 0 unspecified atom stereocenters. The summed E-state index contributed by atoms with van der Waals surface area (Å²) in [6.45, 7) is 2.08. The summed E-state index contributed by atoms with van der Waals surface area (Å²) in [5.74, 6) is 0. The molecule has 0 N–H and O–H groups in total. The van der Waals surface area contributed by atoms with Gasteiger partial charge in [0, 0.05) is 5.39 Å². The zero-order valence-electron chi connectivity index (χ0n) is 6.58. The maximum atomic E-state index is 4.08. The quantitative estimate of drug-likeness (QED) is 0.687. The van der Waals surface area contributed by atoms with Crippen molar-refractivity contribution < 1.29 is 0 Å². The van der Waals surface area contributed by atoms with Crippen LogP contribution in [0.2, 0.25) is 0 Å². The van der Waals surface area contributed by atoms with Gasteiger partial charge in [0.15, 0.2) is 0 Å². The molecular weight excluding hydrogens is 263 g/mol. The fourth-order valence-electron chi connectivity index (χ4n) is 1.19. The molecule has 0 fully saturated rings. The Kier molecular flexibility index (Phi) is 1.96. The van der Waals surface area contributed by atoms with Gasteiger partial charge in [0.2, 0.25) is 0 Å². The fourth-order valence-corrected chi connectivity index (χ4v) is 1.61. The van der Waals surface area contributed by atoms with Crippen LogP contribution >= 0.6 is 22.6 Å². The van der Waals surface area contributed by atoms with E-state index in [0.717, 1.165) is 9.22 Å². The van der Waals surface area contributed by atoms with E-state index >= 15 is 0 Å². The van der Waals surface area contributed by atoms with E-state index < -0.39 is 0 Å². The summed E-state index contributed by atoms with van der Waals surface area (Å²) in [7, 11) is 0. The lowest BCUT2D eigenvalue weighted by Crippen LogP contribution is -1.88. The molecule has 0 radical (unpaired) electrons. The van der Waals surface area contributed by atoms with E-state index in [4.69, 9.17) is 0 Å². The van der Waals surface area contributed by atoms with E-state index in [1.807, 2.05) is 12.1 Å². The summed E-state index contributed by atoms with van der Waals surface area (Å²) in [6.07, 6.45) is 0. The first-order valence-corrected chi connectivity index (χ1v) is 4.74. The average molecular weight is 270 g/mol. The van der Waals surface area contributed by atoms with Gasteiger partial charge in [0.1, 0.15) is 3.70 Å². The summed E-state index contributed by atoms with van der Waals surface area (Å²) < 4.78 is 0.939. The Balaban J connectivity index is 2.88. The molecule has 0 spiro atoms. The van der Waals surface area contributed by atoms with Crippen molar-refractivity contribution in [1.82, 2.24) is 10.2 Å². The Morgan fingerprint density at radius 3 is 2.92 bits per heavy atom. The van der Waals surface area contributed by atoms with Crippen LogP contribution in [0.4, 0.5) is 0 Å². The van der Waals surface area contributed by atoms with Crippen molar-refractivity contribution in [2.24, 2.45) is 0 Å². The smallest absolute Gasteiger partial charge is 0.124 e. The second-order valence-electron chi connectivity index (χ2n) is 2.67. The van der Waals surface area contributed by atoms with Gasteiger partial charge in [0.05, 0.1) is 5.52 Å². The highest BCUT2D eigenvalue weighted by atomic mass is 127. The Bertz CT molecular complexity index is 426. The van der Waals surface area contributed by atoms with Gasteiger partial charge in [-0.2, -0.15) is 0 Å². The second kappa shape index (κ2) is 2.97. The number of hydrogen-bond acceptors (Lipinski definition) is 2. The summed E-state index contributed by atoms with van der Waals surface area (Å²) in [6, 6.07) is 8.11. The van der Waals surface area contributed by atoms with Gasteiger partial charge in [-0.15, -0.1) is 10.2 Å². The van der Waals surface area contributed by atoms with Gasteiger partial charge < -0.3 is 0 Å². The monoisotopic (exact) mass is 270 g/mol. The predicted molar refractivity (Wildman–Crippen MR) is 57.0 cm³/mol. The number of aryl methyl sites for hydroxylation is 1. The molecule has 3 heteroatoms. The topological polar surface area (TPSA) is 25.8 Å². The normalized spacial score (nSPS) is 10.5. The second-order valence-corrected chi connectivity index (χ2v) is 3.78. The molecule has 2 nitrogen and oxygen atoms in total. The minimum Gasteiger partial charge on any atom is -0.149 e. The maximum Gasteiger partial charge on any atom is 0.124 e. The molecule has 0 atom stereocenters. The van der Waals surface area contributed by atoms with Gasteiger partial charge in [-0.3, -0.25) is 0 Å². The van der Waals surface area contributed by atoms with Crippen LogP contribution in [0.25, 0.3) is 10.9 Å². The third-order valence-electron chi connectivity index (χ3n) is 1.82. The van der Waals surface area contributed by atoms with E-state index in [2.05, 4.69) is 51.8 Å². The molecule has 2 aromatic rings. The highest BCUT2D eigenvalue weighted by Crippen LogP contribution is 2.16. The molecule has 12 heavy (non-hydrogen) atoms. The molecule has 0 saturated heterocycles. The summed E-state index contributed by atoms with van der Waals surface area (Å²) in [5.41, 5.74) is 2.22. The van der Waals surface area contributed by atoms with Crippen molar-refractivity contribution >= 4 is 33.5 Å². The van der Waals surface area contributed by atoms with Crippen LogP contribution in [0.15, 0.2) is 24.3 Å². The molecule has 0 aliphatic heterocycles. The van der Waals surface area contributed by atoms with Crippen molar-refractivity contribution in [3.05, 3.63) is 33.5 Å². The Morgan fingerprint density at radius 1 is 1.25 bits per heavy atom. The largest absolute Gasteiger partial charge is 0.149 e. The number of rotatable bonds is 0. The number of halogens is 1. The molecule has 0 aliphatic rings. The van der Waals surface area contributed by atoms with Crippen LogP contribution in [0, 0.1) is 10.6 Å². The summed E-state index contributed by atoms with van der Waals surface area (Å²) >= 11 is 2.17. The van der Waals surface area contributed by atoms with Gasteiger partial charge >= 0.3 is 0 Å². The van der Waals surface area contributed by atoms with E-state index in [0.29, 0.717) is 0 Å². The third kappa shape index (κ3) is 1.29. The highest BCUT2D eigenvalue weighted by molar-refractivity contribution is 14.1. The lowest BCUT2D eigenvalue weighted by atomic mass is 10.1. The van der Waals surface area contributed by atoms with Crippen LogP contribution < -0.4 is 0 Å². The minimum atomic E-state index is 0.939. The zero-order valence-corrected chi connectivity index (χ0v) is 8.74. The Morgan fingerprint density at radius 2 is 2.08 bits per heavy atom. The lowest BCUT2D eigenvalue weighted by molar-refractivity contribution is 1.04. The predicted octanol–water partition coefficient (Wildman–Crippen LogP) is 2.54. The molecule has 0 saturated carbocycles. The van der Waals surface area contributed by atoms with Gasteiger partial charge in [-0.25, -0.2) is 0 Å². The zero-order chi connectivity index (χ0) is 8.55. The minimum absolute atomic E-state index is 0.939. The van der Waals surface area contributed by atoms with E-state index in [-0.39, 0.29) is 0 Å². The molecule has 60 valence electrons. The molecule has 0 aliphatic carbocycles. The third-order valence-corrected chi connectivity index (χ3v) is 2.34. The van der Waals surface area contributed by atoms with Crippen molar-refractivity contribution in [3.8, 4) is 0 Å². The number of nitrogens with zero attached hydrogens (tertiary/aromatic N) is 2.